The van der Waals surface area contributed by atoms with Gasteiger partial charge in [-0.1, -0.05) is 18.2 Å². The molecule has 0 heterocycles. The molecule has 0 spiro atoms. The second-order valence-corrected chi connectivity index (χ2v) is 5.92. The average molecular weight is 265 g/mol. The van der Waals surface area contributed by atoms with Crippen LogP contribution in [0.25, 0.3) is 0 Å². The Hall–Kier alpha value is -1.00. The van der Waals surface area contributed by atoms with Crippen LogP contribution in [0.1, 0.15) is 25.7 Å². The number of benzene rings is 1. The maximum Gasteiger partial charge on any atom is 0.221 e. The van der Waals surface area contributed by atoms with Crippen LogP contribution in [0.5, 0.6) is 0 Å². The summed E-state index contributed by atoms with van der Waals surface area (Å²) in [6.45, 7) is 0.0601. The van der Waals surface area contributed by atoms with Gasteiger partial charge in [-0.15, -0.1) is 11.8 Å². The molecular weight excluding hydrogens is 246 g/mol. The third kappa shape index (κ3) is 3.50. The van der Waals surface area contributed by atoms with Gasteiger partial charge in [-0.2, -0.15) is 0 Å². The lowest BCUT2D eigenvalue weighted by Gasteiger charge is -2.41. The maximum atomic E-state index is 11.8. The van der Waals surface area contributed by atoms with Gasteiger partial charge in [0.2, 0.25) is 5.91 Å². The quantitative estimate of drug-likeness (QED) is 0.775. The highest BCUT2D eigenvalue weighted by molar-refractivity contribution is 7.99. The number of carbonyl (C=O) groups excluding carboxylic acids is 1. The van der Waals surface area contributed by atoms with Crippen molar-refractivity contribution in [3.63, 3.8) is 0 Å². The van der Waals surface area contributed by atoms with Crippen molar-refractivity contribution in [2.24, 2.45) is 0 Å². The summed E-state index contributed by atoms with van der Waals surface area (Å²) in [5.41, 5.74) is -0.311. The smallest absolute Gasteiger partial charge is 0.221 e. The maximum absolute atomic E-state index is 11.8. The molecule has 1 aromatic rings. The Kier molecular flexibility index (Phi) is 4.66. The van der Waals surface area contributed by atoms with E-state index in [9.17, 15) is 9.90 Å². The summed E-state index contributed by atoms with van der Waals surface area (Å²) in [6, 6.07) is 10.1. The third-order valence-corrected chi connectivity index (χ3v) is 4.37. The molecule has 0 unspecified atom stereocenters. The summed E-state index contributed by atoms with van der Waals surface area (Å²) in [6.07, 6.45) is 3.41. The molecule has 1 fully saturated rings. The molecule has 18 heavy (non-hydrogen) atoms. The minimum atomic E-state index is -0.311. The molecule has 1 aliphatic carbocycles. The zero-order valence-electron chi connectivity index (χ0n) is 10.4. The zero-order valence-corrected chi connectivity index (χ0v) is 11.2. The summed E-state index contributed by atoms with van der Waals surface area (Å²) in [4.78, 5) is 13.0. The summed E-state index contributed by atoms with van der Waals surface area (Å²) < 4.78 is 0. The molecule has 3 nitrogen and oxygen atoms in total. The number of thioether (sulfide) groups is 1. The Labute approximate surface area is 112 Å². The SMILES string of the molecule is O=C(CCSc1ccccc1)NC1(CO)CCC1. The minimum Gasteiger partial charge on any atom is -0.394 e. The van der Waals surface area contributed by atoms with Crippen LogP contribution in [0.3, 0.4) is 0 Å². The van der Waals surface area contributed by atoms with Gasteiger partial charge in [-0.05, 0) is 31.4 Å². The predicted octanol–water partition coefficient (Wildman–Crippen LogP) is 2.20. The molecule has 1 aromatic carbocycles. The first kappa shape index (κ1) is 13.4. The van der Waals surface area contributed by atoms with Crippen LogP contribution in [-0.4, -0.2) is 28.9 Å². The van der Waals surface area contributed by atoms with E-state index in [1.165, 1.54) is 4.90 Å². The molecular formula is C14H19NO2S. The van der Waals surface area contributed by atoms with E-state index in [1.54, 1.807) is 11.8 Å². The second kappa shape index (κ2) is 6.25. The summed E-state index contributed by atoms with van der Waals surface area (Å²) >= 11 is 1.68. The van der Waals surface area contributed by atoms with Crippen molar-refractivity contribution in [3.8, 4) is 0 Å². The van der Waals surface area contributed by atoms with E-state index >= 15 is 0 Å². The van der Waals surface area contributed by atoms with Gasteiger partial charge in [0.1, 0.15) is 0 Å². The Balaban J connectivity index is 1.69. The number of carbonyl (C=O) groups is 1. The van der Waals surface area contributed by atoms with Gasteiger partial charge >= 0.3 is 0 Å². The first-order valence-electron chi connectivity index (χ1n) is 6.34. The molecule has 1 saturated carbocycles. The lowest BCUT2D eigenvalue weighted by molar-refractivity contribution is -0.124. The Morgan fingerprint density at radius 3 is 2.61 bits per heavy atom. The van der Waals surface area contributed by atoms with E-state index in [0.29, 0.717) is 6.42 Å². The van der Waals surface area contributed by atoms with Gasteiger partial charge in [0.25, 0.3) is 0 Å². The van der Waals surface area contributed by atoms with E-state index in [4.69, 9.17) is 0 Å². The molecule has 0 atom stereocenters. The number of aliphatic hydroxyl groups excluding tert-OH is 1. The number of nitrogens with one attached hydrogen (secondary N) is 1. The lowest BCUT2D eigenvalue weighted by Crippen LogP contribution is -2.56. The first-order valence-corrected chi connectivity index (χ1v) is 7.32. The van der Waals surface area contributed by atoms with Crippen LogP contribution >= 0.6 is 11.8 Å². The summed E-state index contributed by atoms with van der Waals surface area (Å²) in [7, 11) is 0. The number of amides is 1. The molecule has 2 N–H and O–H groups in total. The van der Waals surface area contributed by atoms with Crippen LogP contribution < -0.4 is 5.32 Å². The van der Waals surface area contributed by atoms with Gasteiger partial charge in [-0.25, -0.2) is 0 Å². The topological polar surface area (TPSA) is 49.3 Å². The molecule has 0 bridgehead atoms. The largest absolute Gasteiger partial charge is 0.394 e. The highest BCUT2D eigenvalue weighted by Gasteiger charge is 2.37. The van der Waals surface area contributed by atoms with E-state index in [0.717, 1.165) is 25.0 Å². The highest BCUT2D eigenvalue weighted by atomic mass is 32.2. The Morgan fingerprint density at radius 2 is 2.06 bits per heavy atom. The number of hydrogen-bond acceptors (Lipinski definition) is 3. The molecule has 0 aromatic heterocycles. The summed E-state index contributed by atoms with van der Waals surface area (Å²) in [5.74, 6) is 0.823. The first-order chi connectivity index (χ1) is 8.74. The number of hydrogen-bond donors (Lipinski definition) is 2. The standard InChI is InChI=1S/C14H19NO2S/c16-11-14(8-4-9-14)15-13(17)7-10-18-12-5-2-1-3-6-12/h1-3,5-6,16H,4,7-11H2,(H,15,17). The molecule has 2 rings (SSSR count). The average Bonchev–Trinajstić information content (AvgIpc) is 2.35. The van der Waals surface area contributed by atoms with Crippen molar-refractivity contribution < 1.29 is 9.90 Å². The molecule has 0 radical (unpaired) electrons. The molecule has 1 amide bonds. The zero-order chi connectivity index (χ0) is 12.8. The van der Waals surface area contributed by atoms with Crippen molar-refractivity contribution in [3.05, 3.63) is 30.3 Å². The number of aliphatic hydroxyl groups is 1. The Morgan fingerprint density at radius 1 is 1.33 bits per heavy atom. The molecule has 4 heteroatoms. The molecule has 0 aliphatic heterocycles. The highest BCUT2D eigenvalue weighted by Crippen LogP contribution is 2.31. The third-order valence-electron chi connectivity index (χ3n) is 3.36. The molecule has 98 valence electrons. The number of rotatable bonds is 6. The van der Waals surface area contributed by atoms with Crippen LogP contribution in [0.4, 0.5) is 0 Å². The van der Waals surface area contributed by atoms with Crippen molar-refractivity contribution in [1.29, 1.82) is 0 Å². The predicted molar refractivity (Wildman–Crippen MR) is 73.6 cm³/mol. The van der Waals surface area contributed by atoms with Crippen LogP contribution in [0, 0.1) is 0 Å². The monoisotopic (exact) mass is 265 g/mol. The van der Waals surface area contributed by atoms with Gasteiger partial charge < -0.3 is 10.4 Å². The Bertz CT molecular complexity index is 385. The fraction of sp³-hybridized carbons (Fsp3) is 0.500. The van der Waals surface area contributed by atoms with Crippen molar-refractivity contribution in [2.45, 2.75) is 36.1 Å². The molecule has 0 saturated heterocycles. The van der Waals surface area contributed by atoms with E-state index in [-0.39, 0.29) is 18.1 Å². The van der Waals surface area contributed by atoms with Crippen molar-refractivity contribution in [1.82, 2.24) is 5.32 Å². The van der Waals surface area contributed by atoms with E-state index in [1.807, 2.05) is 30.3 Å². The van der Waals surface area contributed by atoms with Gasteiger partial charge in [0, 0.05) is 17.1 Å². The van der Waals surface area contributed by atoms with Gasteiger partial charge in [-0.3, -0.25) is 4.79 Å². The summed E-state index contributed by atoms with van der Waals surface area (Å²) in [5, 5.41) is 12.2. The van der Waals surface area contributed by atoms with E-state index < -0.39 is 0 Å². The van der Waals surface area contributed by atoms with Gasteiger partial charge in [0.05, 0.1) is 12.1 Å². The fourth-order valence-corrected chi connectivity index (χ4v) is 2.94. The van der Waals surface area contributed by atoms with Crippen LogP contribution in [0.2, 0.25) is 0 Å². The van der Waals surface area contributed by atoms with E-state index in [2.05, 4.69) is 5.32 Å². The fourth-order valence-electron chi connectivity index (χ4n) is 2.06. The van der Waals surface area contributed by atoms with Crippen molar-refractivity contribution >= 4 is 17.7 Å². The second-order valence-electron chi connectivity index (χ2n) is 4.75. The molecule has 1 aliphatic rings. The minimum absolute atomic E-state index is 0.0483. The van der Waals surface area contributed by atoms with Crippen molar-refractivity contribution in [2.75, 3.05) is 12.4 Å². The van der Waals surface area contributed by atoms with Crippen LogP contribution in [0.15, 0.2) is 35.2 Å². The van der Waals surface area contributed by atoms with Crippen LogP contribution in [-0.2, 0) is 4.79 Å². The van der Waals surface area contributed by atoms with Gasteiger partial charge in [0.15, 0.2) is 0 Å². The normalized spacial score (nSPS) is 16.9. The lowest BCUT2D eigenvalue weighted by atomic mass is 9.77.